The lowest BCUT2D eigenvalue weighted by Gasteiger charge is -2.14. The number of benzene rings is 1. The molecule has 0 aliphatic heterocycles. The van der Waals surface area contributed by atoms with Gasteiger partial charge in [-0.2, -0.15) is 0 Å². The Bertz CT molecular complexity index is 781. The average molecular weight is 328 g/mol. The van der Waals surface area contributed by atoms with Crippen molar-refractivity contribution in [1.82, 2.24) is 9.88 Å². The molecule has 1 aromatic carbocycles. The van der Waals surface area contributed by atoms with Crippen LogP contribution in [0.15, 0.2) is 27.6 Å². The van der Waals surface area contributed by atoms with Crippen LogP contribution in [0.2, 0.25) is 5.02 Å². The standard InChI is InChI=1S/C13H14ClN3O3S/c1-7-12(13(15)16-20-7)21(18,19)17-11-5-2-8-6-9(14)3-4-10(8)11/h3-4,6,11,17H,2,5H2,1H3,(H2,15,16). The van der Waals surface area contributed by atoms with Crippen LogP contribution in [-0.2, 0) is 16.4 Å². The van der Waals surface area contributed by atoms with Gasteiger partial charge in [-0.25, -0.2) is 13.1 Å². The first-order chi connectivity index (χ1) is 9.88. The van der Waals surface area contributed by atoms with E-state index in [2.05, 4.69) is 9.88 Å². The molecule has 1 unspecified atom stereocenters. The minimum Gasteiger partial charge on any atom is -0.380 e. The lowest BCUT2D eigenvalue weighted by atomic mass is 10.1. The second-order valence-electron chi connectivity index (χ2n) is 5.01. The molecule has 0 spiro atoms. The SMILES string of the molecule is Cc1onc(N)c1S(=O)(=O)NC1CCc2cc(Cl)ccc21. The van der Waals surface area contributed by atoms with Crippen LogP contribution in [0.5, 0.6) is 0 Å². The highest BCUT2D eigenvalue weighted by Crippen LogP contribution is 2.34. The Morgan fingerprint density at radius 2 is 2.24 bits per heavy atom. The zero-order valence-corrected chi connectivity index (χ0v) is 12.8. The predicted octanol–water partition coefficient (Wildman–Crippen LogP) is 2.18. The fourth-order valence-corrected chi connectivity index (χ4v) is 4.32. The summed E-state index contributed by atoms with van der Waals surface area (Å²) in [5, 5.41) is 4.13. The van der Waals surface area contributed by atoms with E-state index in [0.717, 1.165) is 17.5 Å². The van der Waals surface area contributed by atoms with Gasteiger partial charge in [-0.15, -0.1) is 0 Å². The van der Waals surface area contributed by atoms with Gasteiger partial charge in [-0.05, 0) is 43.0 Å². The van der Waals surface area contributed by atoms with Gasteiger partial charge in [0.25, 0.3) is 0 Å². The molecule has 0 bridgehead atoms. The van der Waals surface area contributed by atoms with Crippen LogP contribution >= 0.6 is 11.6 Å². The van der Waals surface area contributed by atoms with E-state index in [0.29, 0.717) is 11.4 Å². The zero-order chi connectivity index (χ0) is 15.2. The minimum absolute atomic E-state index is 0.0927. The van der Waals surface area contributed by atoms with E-state index in [-0.39, 0.29) is 22.5 Å². The van der Waals surface area contributed by atoms with Crippen molar-refractivity contribution in [3.8, 4) is 0 Å². The number of nitrogens with one attached hydrogen (secondary N) is 1. The van der Waals surface area contributed by atoms with Crippen molar-refractivity contribution in [2.75, 3.05) is 5.73 Å². The van der Waals surface area contributed by atoms with Gasteiger partial charge in [-0.3, -0.25) is 0 Å². The topological polar surface area (TPSA) is 98.2 Å². The van der Waals surface area contributed by atoms with Crippen molar-refractivity contribution >= 4 is 27.4 Å². The Morgan fingerprint density at radius 1 is 1.48 bits per heavy atom. The van der Waals surface area contributed by atoms with Crippen molar-refractivity contribution in [1.29, 1.82) is 0 Å². The van der Waals surface area contributed by atoms with Crippen molar-refractivity contribution in [3.63, 3.8) is 0 Å². The highest BCUT2D eigenvalue weighted by Gasteiger charge is 2.31. The summed E-state index contributed by atoms with van der Waals surface area (Å²) in [6.45, 7) is 1.51. The molecule has 0 fully saturated rings. The summed E-state index contributed by atoms with van der Waals surface area (Å²) in [6.07, 6.45) is 1.46. The van der Waals surface area contributed by atoms with Crippen LogP contribution in [0.1, 0.15) is 29.3 Å². The lowest BCUT2D eigenvalue weighted by molar-refractivity contribution is 0.396. The van der Waals surface area contributed by atoms with Crippen LogP contribution in [-0.4, -0.2) is 13.6 Å². The second-order valence-corrected chi connectivity index (χ2v) is 7.10. The number of fused-ring (bicyclic) bond motifs is 1. The molecule has 3 rings (SSSR count). The number of sulfonamides is 1. The summed E-state index contributed by atoms with van der Waals surface area (Å²) < 4.78 is 32.4. The number of nitrogen functional groups attached to an aromatic ring is 1. The molecule has 0 radical (unpaired) electrons. The van der Waals surface area contributed by atoms with E-state index >= 15 is 0 Å². The van der Waals surface area contributed by atoms with E-state index in [9.17, 15) is 8.42 Å². The van der Waals surface area contributed by atoms with Crippen LogP contribution in [0.4, 0.5) is 5.82 Å². The number of rotatable bonds is 3. The molecule has 112 valence electrons. The summed E-state index contributed by atoms with van der Waals surface area (Å²) in [4.78, 5) is -0.0927. The van der Waals surface area contributed by atoms with Crippen molar-refractivity contribution < 1.29 is 12.9 Å². The molecule has 1 atom stereocenters. The number of anilines is 1. The van der Waals surface area contributed by atoms with Crippen LogP contribution < -0.4 is 10.5 Å². The van der Waals surface area contributed by atoms with Crippen LogP contribution in [0, 0.1) is 6.92 Å². The predicted molar refractivity (Wildman–Crippen MR) is 78.5 cm³/mol. The third-order valence-corrected chi connectivity index (χ3v) is 5.45. The molecular weight excluding hydrogens is 314 g/mol. The van der Waals surface area contributed by atoms with Crippen molar-refractivity contribution in [3.05, 3.63) is 40.1 Å². The molecule has 0 saturated heterocycles. The molecule has 8 heteroatoms. The molecule has 1 aliphatic carbocycles. The van der Waals surface area contributed by atoms with Gasteiger partial charge in [0, 0.05) is 11.1 Å². The number of nitrogens with two attached hydrogens (primary N) is 1. The fraction of sp³-hybridized carbons (Fsp3) is 0.308. The van der Waals surface area contributed by atoms with Gasteiger partial charge in [0.05, 0.1) is 0 Å². The fourth-order valence-electron chi connectivity index (χ4n) is 2.66. The Hall–Kier alpha value is -1.57. The highest BCUT2D eigenvalue weighted by atomic mass is 35.5. The summed E-state index contributed by atoms with van der Waals surface area (Å²) in [5.41, 5.74) is 7.58. The minimum atomic E-state index is -3.78. The molecule has 2 aromatic rings. The van der Waals surface area contributed by atoms with Gasteiger partial charge < -0.3 is 10.3 Å². The Morgan fingerprint density at radius 3 is 2.90 bits per heavy atom. The first-order valence-corrected chi connectivity index (χ1v) is 8.27. The third-order valence-electron chi connectivity index (χ3n) is 3.58. The normalized spacial score (nSPS) is 17.9. The summed E-state index contributed by atoms with van der Waals surface area (Å²) in [7, 11) is -3.78. The second kappa shape index (κ2) is 5.01. The maximum Gasteiger partial charge on any atom is 0.248 e. The number of hydrogen-bond donors (Lipinski definition) is 2. The maximum atomic E-state index is 12.5. The van der Waals surface area contributed by atoms with E-state index in [1.807, 2.05) is 12.1 Å². The van der Waals surface area contributed by atoms with Crippen molar-refractivity contribution in [2.24, 2.45) is 0 Å². The number of halogens is 1. The Kier molecular flexibility index (Phi) is 3.43. The third kappa shape index (κ3) is 2.52. The first-order valence-electron chi connectivity index (χ1n) is 6.41. The molecule has 3 N–H and O–H groups in total. The Balaban J connectivity index is 1.92. The summed E-state index contributed by atoms with van der Waals surface area (Å²) >= 11 is 5.95. The molecule has 6 nitrogen and oxygen atoms in total. The molecule has 0 saturated carbocycles. The van der Waals surface area contributed by atoms with Crippen LogP contribution in [0.25, 0.3) is 0 Å². The highest BCUT2D eigenvalue weighted by molar-refractivity contribution is 7.89. The number of aromatic nitrogens is 1. The van der Waals surface area contributed by atoms with Gasteiger partial charge in [0.2, 0.25) is 10.0 Å². The first kappa shape index (κ1) is 14.4. The summed E-state index contributed by atoms with van der Waals surface area (Å²) in [5.74, 6) is 0.0450. The van der Waals surface area contributed by atoms with E-state index in [1.165, 1.54) is 6.92 Å². The van der Waals surface area contributed by atoms with Gasteiger partial charge >= 0.3 is 0 Å². The molecule has 1 aromatic heterocycles. The number of nitrogens with zero attached hydrogens (tertiary/aromatic N) is 1. The number of aryl methyl sites for hydroxylation is 2. The number of hydrogen-bond acceptors (Lipinski definition) is 5. The Labute approximate surface area is 127 Å². The smallest absolute Gasteiger partial charge is 0.248 e. The molecular formula is C13H14ClN3O3S. The van der Waals surface area contributed by atoms with Crippen LogP contribution in [0.3, 0.4) is 0 Å². The van der Waals surface area contributed by atoms with Gasteiger partial charge in [0.1, 0.15) is 0 Å². The average Bonchev–Trinajstić information content (AvgIpc) is 2.93. The van der Waals surface area contributed by atoms with E-state index in [1.54, 1.807) is 6.07 Å². The summed E-state index contributed by atoms with van der Waals surface area (Å²) in [6, 6.07) is 5.17. The largest absolute Gasteiger partial charge is 0.380 e. The van der Waals surface area contributed by atoms with E-state index in [4.69, 9.17) is 21.9 Å². The van der Waals surface area contributed by atoms with E-state index < -0.39 is 10.0 Å². The monoisotopic (exact) mass is 327 g/mol. The maximum absolute atomic E-state index is 12.5. The quantitative estimate of drug-likeness (QED) is 0.900. The lowest BCUT2D eigenvalue weighted by Crippen LogP contribution is -2.28. The van der Waals surface area contributed by atoms with Crippen molar-refractivity contribution in [2.45, 2.75) is 30.7 Å². The van der Waals surface area contributed by atoms with Gasteiger partial charge in [-0.1, -0.05) is 22.8 Å². The zero-order valence-electron chi connectivity index (χ0n) is 11.3. The molecule has 21 heavy (non-hydrogen) atoms. The molecule has 1 aliphatic rings. The molecule has 0 amide bonds. The molecule has 1 heterocycles. The van der Waals surface area contributed by atoms with Gasteiger partial charge in [0.15, 0.2) is 16.5 Å².